The number of fused-ring (bicyclic) bond motifs is 1. The summed E-state index contributed by atoms with van der Waals surface area (Å²) in [7, 11) is 0. The summed E-state index contributed by atoms with van der Waals surface area (Å²) in [4.78, 5) is 32.4. The molecule has 0 radical (unpaired) electrons. The Morgan fingerprint density at radius 3 is 2.88 bits per heavy atom. The average Bonchev–Trinajstić information content (AvgIpc) is 3.07. The lowest BCUT2D eigenvalue weighted by Crippen LogP contribution is -2.33. The van der Waals surface area contributed by atoms with E-state index in [-0.39, 0.29) is 30.9 Å². The molecule has 0 saturated heterocycles. The minimum Gasteiger partial charge on any atom is -0.354 e. The molecule has 2 aromatic heterocycles. The quantitative estimate of drug-likeness (QED) is 0.655. The highest BCUT2D eigenvalue weighted by atomic mass is 79.9. The van der Waals surface area contributed by atoms with Gasteiger partial charge in [-0.2, -0.15) is 8.78 Å². The zero-order chi connectivity index (χ0) is 18.7. The summed E-state index contributed by atoms with van der Waals surface area (Å²) in [6.45, 7) is -2.76. The second kappa shape index (κ2) is 7.73. The number of rotatable bonds is 6. The molecule has 0 atom stereocenters. The van der Waals surface area contributed by atoms with E-state index in [1.165, 1.54) is 23.3 Å². The number of carbonyl (C=O) groups excluding carboxylic acids is 1. The maximum absolute atomic E-state index is 12.7. The van der Waals surface area contributed by atoms with Crippen LogP contribution in [-0.4, -0.2) is 31.6 Å². The minimum atomic E-state index is -2.68. The molecule has 26 heavy (non-hydrogen) atoms. The molecule has 3 aromatic rings. The Hall–Kier alpha value is -2.62. The highest BCUT2D eigenvalue weighted by Crippen LogP contribution is 2.15. The first-order valence-corrected chi connectivity index (χ1v) is 8.46. The van der Waals surface area contributed by atoms with Crippen LogP contribution in [0.15, 0.2) is 46.2 Å². The Balaban J connectivity index is 1.63. The van der Waals surface area contributed by atoms with Crippen molar-refractivity contribution in [1.82, 2.24) is 24.4 Å². The first-order valence-electron chi connectivity index (χ1n) is 7.67. The minimum absolute atomic E-state index is 0.129. The van der Waals surface area contributed by atoms with Crippen LogP contribution in [0.5, 0.6) is 0 Å². The topological polar surface area (TPSA) is 81.8 Å². The second-order valence-corrected chi connectivity index (χ2v) is 6.38. The fourth-order valence-electron chi connectivity index (χ4n) is 2.48. The first-order chi connectivity index (χ1) is 12.5. The van der Waals surface area contributed by atoms with Gasteiger partial charge in [-0.25, -0.2) is 9.97 Å². The van der Waals surface area contributed by atoms with Crippen molar-refractivity contribution in [2.24, 2.45) is 0 Å². The number of alkyl halides is 2. The van der Waals surface area contributed by atoms with Gasteiger partial charge in [0.2, 0.25) is 5.91 Å². The van der Waals surface area contributed by atoms with Crippen LogP contribution >= 0.6 is 15.9 Å². The van der Waals surface area contributed by atoms with Gasteiger partial charge in [-0.05, 0) is 18.2 Å². The number of amides is 1. The van der Waals surface area contributed by atoms with Crippen LogP contribution in [0.3, 0.4) is 0 Å². The fourth-order valence-corrected chi connectivity index (χ4v) is 2.84. The van der Waals surface area contributed by atoms with Crippen molar-refractivity contribution in [3.8, 4) is 0 Å². The highest BCUT2D eigenvalue weighted by molar-refractivity contribution is 9.10. The van der Waals surface area contributed by atoms with E-state index in [1.807, 2.05) is 0 Å². The van der Waals surface area contributed by atoms with Gasteiger partial charge in [-0.15, -0.1) is 0 Å². The van der Waals surface area contributed by atoms with Gasteiger partial charge in [-0.1, -0.05) is 15.9 Å². The number of aromatic nitrogens is 4. The van der Waals surface area contributed by atoms with Gasteiger partial charge in [0.05, 0.1) is 17.2 Å². The van der Waals surface area contributed by atoms with Crippen LogP contribution in [0.1, 0.15) is 12.4 Å². The molecule has 0 fully saturated rings. The summed E-state index contributed by atoms with van der Waals surface area (Å²) in [5.74, 6) is -0.243. The molecule has 2 heterocycles. The molecule has 0 spiro atoms. The van der Waals surface area contributed by atoms with E-state index < -0.39 is 12.5 Å². The van der Waals surface area contributed by atoms with Gasteiger partial charge < -0.3 is 5.32 Å². The zero-order valence-electron chi connectivity index (χ0n) is 13.4. The molecule has 136 valence electrons. The molecule has 7 nitrogen and oxygen atoms in total. The van der Waals surface area contributed by atoms with E-state index in [1.54, 1.807) is 18.2 Å². The van der Waals surface area contributed by atoms with Crippen molar-refractivity contribution < 1.29 is 13.6 Å². The Labute approximate surface area is 154 Å². The van der Waals surface area contributed by atoms with Crippen molar-refractivity contribution in [3.63, 3.8) is 0 Å². The third-order valence-corrected chi connectivity index (χ3v) is 4.22. The SMILES string of the molecule is O=C(Cn1cnc2ccc(Br)cc2c1=O)NCCc1nccn1C(F)F. The molecule has 3 rings (SSSR count). The number of imidazole rings is 1. The van der Waals surface area contributed by atoms with Crippen molar-refractivity contribution in [3.05, 3.63) is 57.6 Å². The van der Waals surface area contributed by atoms with E-state index in [4.69, 9.17) is 0 Å². The number of hydrogen-bond donors (Lipinski definition) is 1. The number of nitrogens with one attached hydrogen (secondary N) is 1. The number of carbonyl (C=O) groups is 1. The van der Waals surface area contributed by atoms with Gasteiger partial charge in [0.1, 0.15) is 12.4 Å². The summed E-state index contributed by atoms with van der Waals surface area (Å²) in [5, 5.41) is 2.99. The predicted molar refractivity (Wildman–Crippen MR) is 93.9 cm³/mol. The molecule has 1 aromatic carbocycles. The van der Waals surface area contributed by atoms with Gasteiger partial charge in [0, 0.05) is 29.8 Å². The fraction of sp³-hybridized carbons (Fsp3) is 0.250. The van der Waals surface area contributed by atoms with Crippen molar-refractivity contribution in [1.29, 1.82) is 0 Å². The summed E-state index contributed by atoms with van der Waals surface area (Å²) < 4.78 is 28.1. The standard InChI is InChI=1S/C16H14BrF2N5O2/c17-10-1-2-12-11(7-10)15(26)23(9-22-12)8-14(25)21-4-3-13-20-5-6-24(13)16(18)19/h1-2,5-7,9,16H,3-4,8H2,(H,21,25). The average molecular weight is 426 g/mol. The van der Waals surface area contributed by atoms with Crippen molar-refractivity contribution in [2.75, 3.05) is 6.54 Å². The summed E-state index contributed by atoms with van der Waals surface area (Å²) in [6, 6.07) is 5.12. The highest BCUT2D eigenvalue weighted by Gasteiger charge is 2.12. The van der Waals surface area contributed by atoms with E-state index in [0.717, 1.165) is 9.04 Å². The summed E-state index contributed by atoms with van der Waals surface area (Å²) in [6.07, 6.45) is 3.92. The molecule has 0 aliphatic carbocycles. The first kappa shape index (κ1) is 18.2. The Morgan fingerprint density at radius 1 is 1.31 bits per heavy atom. The normalized spacial score (nSPS) is 11.2. The van der Waals surface area contributed by atoms with Crippen LogP contribution in [0, 0.1) is 0 Å². The van der Waals surface area contributed by atoms with Crippen molar-refractivity contribution in [2.45, 2.75) is 19.5 Å². The lowest BCUT2D eigenvalue weighted by atomic mass is 10.2. The van der Waals surface area contributed by atoms with Gasteiger partial charge >= 0.3 is 6.55 Å². The molecule has 1 amide bonds. The molecule has 10 heteroatoms. The third kappa shape index (κ3) is 3.96. The van der Waals surface area contributed by atoms with Crippen LogP contribution in [0.4, 0.5) is 8.78 Å². The van der Waals surface area contributed by atoms with Gasteiger partial charge in [0.15, 0.2) is 0 Å². The summed E-state index contributed by atoms with van der Waals surface area (Å²) in [5.41, 5.74) is 0.202. The van der Waals surface area contributed by atoms with Crippen LogP contribution in [-0.2, 0) is 17.8 Å². The molecule has 1 N–H and O–H groups in total. The maximum atomic E-state index is 12.7. The third-order valence-electron chi connectivity index (χ3n) is 3.73. The molecule has 0 unspecified atom stereocenters. The predicted octanol–water partition coefficient (Wildman–Crippen LogP) is 2.11. The number of benzene rings is 1. The van der Waals surface area contributed by atoms with Gasteiger partial charge in [-0.3, -0.25) is 18.7 Å². The van der Waals surface area contributed by atoms with E-state index in [2.05, 4.69) is 31.2 Å². The van der Waals surface area contributed by atoms with E-state index >= 15 is 0 Å². The summed E-state index contributed by atoms with van der Waals surface area (Å²) >= 11 is 3.29. The van der Waals surface area contributed by atoms with Crippen LogP contribution < -0.4 is 10.9 Å². The lowest BCUT2D eigenvalue weighted by Gasteiger charge is -2.09. The molecular weight excluding hydrogens is 412 g/mol. The Kier molecular flexibility index (Phi) is 5.40. The maximum Gasteiger partial charge on any atom is 0.319 e. The number of halogens is 3. The molecular formula is C16H14BrF2N5O2. The number of nitrogens with zero attached hydrogens (tertiary/aromatic N) is 4. The lowest BCUT2D eigenvalue weighted by molar-refractivity contribution is -0.121. The number of hydrogen-bond acceptors (Lipinski definition) is 4. The monoisotopic (exact) mass is 425 g/mol. The van der Waals surface area contributed by atoms with Gasteiger partial charge in [0.25, 0.3) is 5.56 Å². The van der Waals surface area contributed by atoms with E-state index in [9.17, 15) is 18.4 Å². The largest absolute Gasteiger partial charge is 0.354 e. The zero-order valence-corrected chi connectivity index (χ0v) is 15.0. The molecule has 0 aliphatic heterocycles. The second-order valence-electron chi connectivity index (χ2n) is 5.47. The molecule has 0 bridgehead atoms. The van der Waals surface area contributed by atoms with Crippen LogP contribution in [0.2, 0.25) is 0 Å². The van der Waals surface area contributed by atoms with E-state index in [0.29, 0.717) is 10.9 Å². The van der Waals surface area contributed by atoms with Crippen LogP contribution in [0.25, 0.3) is 10.9 Å². The van der Waals surface area contributed by atoms with Crippen molar-refractivity contribution >= 4 is 32.7 Å². The molecule has 0 aliphatic rings. The smallest absolute Gasteiger partial charge is 0.319 e. The Bertz CT molecular complexity index is 1000. The molecule has 0 saturated carbocycles. The Morgan fingerprint density at radius 2 is 2.12 bits per heavy atom.